The van der Waals surface area contributed by atoms with Crippen LogP contribution in [0.2, 0.25) is 0 Å². The molecule has 50 heavy (non-hydrogen) atoms. The van der Waals surface area contributed by atoms with Crippen molar-refractivity contribution < 1.29 is 9.59 Å². The van der Waals surface area contributed by atoms with Crippen LogP contribution in [0.3, 0.4) is 0 Å². The van der Waals surface area contributed by atoms with E-state index in [0.29, 0.717) is 49.4 Å². The third-order valence-electron chi connectivity index (χ3n) is 11.1. The molecule has 4 heterocycles. The number of nitrogens with zero attached hydrogens (tertiary/aromatic N) is 4. The van der Waals surface area contributed by atoms with Gasteiger partial charge in [0.1, 0.15) is 11.6 Å². The number of aromatic nitrogens is 4. The van der Waals surface area contributed by atoms with Crippen LogP contribution < -0.4 is 10.6 Å². The molecule has 2 aromatic carbocycles. The highest BCUT2D eigenvalue weighted by Gasteiger charge is 2.27. The summed E-state index contributed by atoms with van der Waals surface area (Å²) in [4.78, 5) is 26.0. The van der Waals surface area contributed by atoms with Gasteiger partial charge in [0.2, 0.25) is 0 Å². The average molecular weight is 671 g/mol. The number of hydrogen-bond donors (Lipinski definition) is 2. The summed E-state index contributed by atoms with van der Waals surface area (Å²) in [6.07, 6.45) is 10.2. The van der Waals surface area contributed by atoms with Gasteiger partial charge in [-0.15, -0.1) is 0 Å². The predicted octanol–water partition coefficient (Wildman–Crippen LogP) is 6.35. The number of Topliss-reactive ketones (excluding diaryl/α,β-unsaturated/α-hetero) is 2. The quantitative estimate of drug-likeness (QED) is 0.180. The summed E-state index contributed by atoms with van der Waals surface area (Å²) in [7, 11) is 0. The molecule has 2 aliphatic heterocycles. The van der Waals surface area contributed by atoms with Gasteiger partial charge in [-0.05, 0) is 129 Å². The maximum Gasteiger partial charge on any atom is 0.143 e. The lowest BCUT2D eigenvalue weighted by atomic mass is 9.78. The Morgan fingerprint density at radius 2 is 0.980 bits per heavy atom. The molecular weight excluding hydrogens is 621 g/mol. The van der Waals surface area contributed by atoms with Crippen LogP contribution in [-0.2, 0) is 35.3 Å². The van der Waals surface area contributed by atoms with Crippen molar-refractivity contribution in [2.24, 2.45) is 0 Å². The molecule has 2 atom stereocenters. The first-order valence-corrected chi connectivity index (χ1v) is 18.8. The monoisotopic (exact) mass is 670 g/mol. The Kier molecular flexibility index (Phi) is 11.5. The maximum atomic E-state index is 13.0. The Labute approximate surface area is 296 Å². The molecule has 1 aliphatic carbocycles. The molecule has 8 heteroatoms. The molecule has 7 rings (SSSR count). The van der Waals surface area contributed by atoms with Gasteiger partial charge in [-0.3, -0.25) is 9.59 Å². The molecule has 8 nitrogen and oxygen atoms in total. The summed E-state index contributed by atoms with van der Waals surface area (Å²) < 4.78 is 0. The zero-order valence-corrected chi connectivity index (χ0v) is 29.2. The summed E-state index contributed by atoms with van der Waals surface area (Å²) in [6, 6.07) is 25.2. The molecule has 2 saturated heterocycles. The number of benzene rings is 2. The van der Waals surface area contributed by atoms with E-state index in [-0.39, 0.29) is 11.6 Å². The number of hydrogen-bond acceptors (Lipinski definition) is 8. The fraction of sp³-hybridized carbons (Fsp3) is 0.476. The Morgan fingerprint density at radius 3 is 1.40 bits per heavy atom. The standard InChI is InChI=1S/C42H50N6O2/c49-39(24-29-4-1-6-33(22-29)31-14-18-43-19-15-31)27-37-10-12-41(47-45-37)35-8-3-9-36(26-35)42-13-11-38(46-48-42)28-40(50)25-30-5-2-7-34(23-30)32-16-20-44-21-17-32/h1-2,4-7,10-13,22-23,31-32,35-36,43-44H,3,8-9,14-21,24-28H2/t35-,36-/m0/s1. The highest BCUT2D eigenvalue weighted by Crippen LogP contribution is 2.40. The van der Waals surface area contributed by atoms with Gasteiger partial charge in [0, 0.05) is 24.7 Å². The Hall–Kier alpha value is -4.14. The normalized spacial score (nSPS) is 20.4. The Bertz CT molecular complexity index is 1600. The lowest BCUT2D eigenvalue weighted by Gasteiger charge is -2.28. The molecule has 0 radical (unpaired) electrons. The predicted molar refractivity (Wildman–Crippen MR) is 195 cm³/mol. The van der Waals surface area contributed by atoms with E-state index in [1.807, 2.05) is 12.1 Å². The summed E-state index contributed by atoms with van der Waals surface area (Å²) in [5.41, 5.74) is 8.30. The van der Waals surface area contributed by atoms with E-state index < -0.39 is 0 Å². The van der Waals surface area contributed by atoms with Crippen LogP contribution in [0.15, 0.2) is 72.8 Å². The SMILES string of the molecule is O=C(Cc1cccc(C2CCNCC2)c1)Cc1ccc([C@H]2CCC[C@H](c3ccc(CC(=O)Cc4cccc(C5CCNCC5)c4)nn3)C2)nn1. The molecule has 3 aliphatic rings. The van der Waals surface area contributed by atoms with Crippen molar-refractivity contribution in [3.05, 3.63) is 118 Å². The second kappa shape index (κ2) is 16.7. The van der Waals surface area contributed by atoms with Crippen LogP contribution in [0, 0.1) is 0 Å². The third kappa shape index (κ3) is 9.15. The number of nitrogens with one attached hydrogen (secondary N) is 2. The van der Waals surface area contributed by atoms with Gasteiger partial charge in [-0.2, -0.15) is 20.4 Å². The highest BCUT2D eigenvalue weighted by molar-refractivity contribution is 5.83. The van der Waals surface area contributed by atoms with Gasteiger partial charge in [-0.1, -0.05) is 55.0 Å². The number of ketones is 2. The lowest BCUT2D eigenvalue weighted by molar-refractivity contribution is -0.118. The molecule has 0 amide bonds. The van der Waals surface area contributed by atoms with Crippen molar-refractivity contribution >= 4 is 11.6 Å². The van der Waals surface area contributed by atoms with Crippen molar-refractivity contribution in [1.82, 2.24) is 31.0 Å². The van der Waals surface area contributed by atoms with Gasteiger partial charge in [0.15, 0.2) is 0 Å². The molecular formula is C42H50N6O2. The molecule has 0 spiro atoms. The van der Waals surface area contributed by atoms with Crippen molar-refractivity contribution in [2.75, 3.05) is 26.2 Å². The first kappa shape index (κ1) is 34.3. The fourth-order valence-electron chi connectivity index (χ4n) is 8.30. The maximum absolute atomic E-state index is 13.0. The van der Waals surface area contributed by atoms with E-state index in [9.17, 15) is 9.59 Å². The van der Waals surface area contributed by atoms with E-state index in [2.05, 4.69) is 91.7 Å². The van der Waals surface area contributed by atoms with Crippen LogP contribution in [0.5, 0.6) is 0 Å². The topological polar surface area (TPSA) is 110 Å². The van der Waals surface area contributed by atoms with Gasteiger partial charge in [0.05, 0.1) is 35.6 Å². The van der Waals surface area contributed by atoms with Crippen molar-refractivity contribution in [3.63, 3.8) is 0 Å². The molecule has 0 unspecified atom stereocenters. The van der Waals surface area contributed by atoms with Crippen LogP contribution in [0.1, 0.15) is 120 Å². The molecule has 3 fully saturated rings. The third-order valence-corrected chi connectivity index (χ3v) is 11.1. The van der Waals surface area contributed by atoms with E-state index in [4.69, 9.17) is 0 Å². The van der Waals surface area contributed by atoms with Crippen LogP contribution in [-0.4, -0.2) is 58.1 Å². The minimum atomic E-state index is 0.165. The summed E-state index contributed by atoms with van der Waals surface area (Å²) in [5, 5.41) is 25.0. The largest absolute Gasteiger partial charge is 0.317 e. The average Bonchev–Trinajstić information content (AvgIpc) is 3.16. The van der Waals surface area contributed by atoms with E-state index in [0.717, 1.165) is 111 Å². The van der Waals surface area contributed by atoms with E-state index in [1.165, 1.54) is 11.1 Å². The minimum Gasteiger partial charge on any atom is -0.317 e. The van der Waals surface area contributed by atoms with Gasteiger partial charge in [-0.25, -0.2) is 0 Å². The van der Waals surface area contributed by atoms with E-state index >= 15 is 0 Å². The van der Waals surface area contributed by atoms with Crippen LogP contribution in [0.4, 0.5) is 0 Å². The van der Waals surface area contributed by atoms with E-state index in [1.54, 1.807) is 0 Å². The summed E-state index contributed by atoms with van der Waals surface area (Å²) in [5.74, 6) is 2.08. The second-order valence-electron chi connectivity index (χ2n) is 14.8. The molecule has 260 valence electrons. The second-order valence-corrected chi connectivity index (χ2v) is 14.8. The Morgan fingerprint density at radius 1 is 0.520 bits per heavy atom. The van der Waals surface area contributed by atoms with Crippen LogP contribution in [0.25, 0.3) is 0 Å². The van der Waals surface area contributed by atoms with Crippen molar-refractivity contribution in [1.29, 1.82) is 0 Å². The molecule has 0 bridgehead atoms. The lowest BCUT2D eigenvalue weighted by Crippen LogP contribution is -2.26. The van der Waals surface area contributed by atoms with Gasteiger partial charge in [0.25, 0.3) is 0 Å². The molecule has 2 N–H and O–H groups in total. The zero-order valence-electron chi connectivity index (χ0n) is 29.2. The smallest absolute Gasteiger partial charge is 0.143 e. The fourth-order valence-corrected chi connectivity index (χ4v) is 8.30. The van der Waals surface area contributed by atoms with Gasteiger partial charge >= 0.3 is 0 Å². The first-order chi connectivity index (χ1) is 24.6. The van der Waals surface area contributed by atoms with Crippen molar-refractivity contribution in [3.8, 4) is 0 Å². The first-order valence-electron chi connectivity index (χ1n) is 18.8. The minimum absolute atomic E-state index is 0.165. The molecule has 1 saturated carbocycles. The van der Waals surface area contributed by atoms with Gasteiger partial charge < -0.3 is 10.6 Å². The number of piperidine rings is 2. The Balaban J connectivity index is 0.891. The highest BCUT2D eigenvalue weighted by atomic mass is 16.1. The van der Waals surface area contributed by atoms with Crippen LogP contribution >= 0.6 is 0 Å². The number of carbonyl (C=O) groups excluding carboxylic acids is 2. The number of carbonyl (C=O) groups is 2. The zero-order chi connectivity index (χ0) is 34.1. The summed E-state index contributed by atoms with van der Waals surface area (Å²) in [6.45, 7) is 4.24. The van der Waals surface area contributed by atoms with Crippen molar-refractivity contribution in [2.45, 2.75) is 101 Å². The molecule has 2 aromatic heterocycles. The summed E-state index contributed by atoms with van der Waals surface area (Å²) >= 11 is 0. The molecule has 4 aromatic rings. The number of rotatable bonds is 12.